The maximum Gasteiger partial charge on any atom is 0.305 e. The predicted octanol–water partition coefficient (Wildman–Crippen LogP) is 3.28. The van der Waals surface area contributed by atoms with E-state index in [1.165, 1.54) is 40.7 Å². The number of piperazine rings is 1. The number of carbonyl (C=O) groups is 3. The molecule has 0 spiro atoms. The molecule has 1 aromatic heterocycles. The van der Waals surface area contributed by atoms with E-state index in [-0.39, 0.29) is 18.9 Å². The fourth-order valence-electron chi connectivity index (χ4n) is 5.93. The number of hydrogen-bond acceptors (Lipinski definition) is 9. The minimum absolute atomic E-state index is 0.227. The molecule has 230 valence electrons. The zero-order valence-corrected chi connectivity index (χ0v) is 25.2. The van der Waals surface area contributed by atoms with Gasteiger partial charge in [0, 0.05) is 63.6 Å². The Balaban J connectivity index is 1.27. The lowest BCUT2D eigenvalue weighted by molar-refractivity contribution is -0.234. The van der Waals surface area contributed by atoms with Gasteiger partial charge in [-0.05, 0) is 53.8 Å². The number of alkyl halides is 1. The molecule has 3 aromatic rings. The molecule has 1 saturated heterocycles. The highest BCUT2D eigenvalue weighted by Gasteiger charge is 2.44. The third-order valence-electron chi connectivity index (χ3n) is 8.39. The Morgan fingerprint density at radius 2 is 1.81 bits per heavy atom. The SMILES string of the molecule is CCC(C(=O)NC(CC(=O)O)C(CF)(OC)OC)N1Cc2cc(N3CCN(c4nsc5ccccc45)CC3)ccc2C1=O. The lowest BCUT2D eigenvalue weighted by atomic mass is 10.0. The van der Waals surface area contributed by atoms with E-state index >= 15 is 0 Å². The van der Waals surface area contributed by atoms with E-state index in [2.05, 4.69) is 27.2 Å². The van der Waals surface area contributed by atoms with Gasteiger partial charge in [0.1, 0.15) is 18.5 Å². The first-order chi connectivity index (χ1) is 20.7. The summed E-state index contributed by atoms with van der Waals surface area (Å²) in [6.45, 7) is 4.03. The van der Waals surface area contributed by atoms with Crippen LogP contribution in [-0.4, -0.2) is 97.1 Å². The van der Waals surface area contributed by atoms with Crippen molar-refractivity contribution in [3.63, 3.8) is 0 Å². The summed E-state index contributed by atoms with van der Waals surface area (Å²) in [6, 6.07) is 11.8. The molecule has 2 aromatic carbocycles. The van der Waals surface area contributed by atoms with Crippen LogP contribution in [0, 0.1) is 0 Å². The summed E-state index contributed by atoms with van der Waals surface area (Å²) in [6.07, 6.45) is -0.356. The van der Waals surface area contributed by atoms with Gasteiger partial charge in [-0.15, -0.1) is 0 Å². The van der Waals surface area contributed by atoms with Crippen LogP contribution in [-0.2, 0) is 25.6 Å². The van der Waals surface area contributed by atoms with E-state index in [4.69, 9.17) is 13.8 Å². The molecule has 0 aliphatic carbocycles. The maximum absolute atomic E-state index is 14.0. The standard InChI is InChI=1S/C30H36FN5O6S/c1-4-23(28(39)32-25(16-26(37)38)30(18-31,41-2)42-3)36-17-19-15-20(9-10-21(19)29(36)40)34-11-13-35(14-12-34)27-22-7-5-6-8-24(22)43-33-27/h5-10,15,23,25H,4,11-14,16-18H2,1-3H3,(H,32,39)(H,37,38). The van der Waals surface area contributed by atoms with Crippen LogP contribution in [0.3, 0.4) is 0 Å². The summed E-state index contributed by atoms with van der Waals surface area (Å²) >= 11 is 1.51. The molecule has 0 bridgehead atoms. The number of nitrogens with one attached hydrogen (secondary N) is 1. The van der Waals surface area contributed by atoms with Crippen molar-refractivity contribution >= 4 is 50.9 Å². The molecule has 2 N–H and O–H groups in total. The average Bonchev–Trinajstić information content (AvgIpc) is 3.59. The van der Waals surface area contributed by atoms with Crippen molar-refractivity contribution in [1.82, 2.24) is 14.6 Å². The van der Waals surface area contributed by atoms with Crippen LogP contribution < -0.4 is 15.1 Å². The molecule has 0 radical (unpaired) electrons. The maximum atomic E-state index is 14.0. The number of amides is 2. The van der Waals surface area contributed by atoms with E-state index in [1.54, 1.807) is 13.0 Å². The van der Waals surface area contributed by atoms with Crippen molar-refractivity contribution in [3.8, 4) is 0 Å². The lowest BCUT2D eigenvalue weighted by Crippen LogP contribution is -2.60. The Morgan fingerprint density at radius 1 is 1.12 bits per heavy atom. The molecular weight excluding hydrogens is 577 g/mol. The monoisotopic (exact) mass is 613 g/mol. The number of anilines is 2. The minimum Gasteiger partial charge on any atom is -0.481 e. The third-order valence-corrected chi connectivity index (χ3v) is 9.21. The topological polar surface area (TPSA) is 125 Å². The van der Waals surface area contributed by atoms with Crippen molar-refractivity contribution < 1.29 is 33.4 Å². The fourth-order valence-corrected chi connectivity index (χ4v) is 6.73. The first-order valence-corrected chi connectivity index (χ1v) is 15.0. The molecule has 1 fully saturated rings. The average molecular weight is 614 g/mol. The van der Waals surface area contributed by atoms with E-state index in [1.807, 2.05) is 24.3 Å². The van der Waals surface area contributed by atoms with E-state index in [0.717, 1.165) is 43.2 Å². The van der Waals surface area contributed by atoms with Crippen LogP contribution >= 0.6 is 11.5 Å². The van der Waals surface area contributed by atoms with Gasteiger partial charge >= 0.3 is 5.97 Å². The first-order valence-electron chi connectivity index (χ1n) is 14.2. The zero-order valence-electron chi connectivity index (χ0n) is 24.4. The molecule has 2 amide bonds. The number of carboxylic acid groups (broad SMARTS) is 1. The molecular formula is C30H36FN5O6S. The Labute approximate surface area is 253 Å². The summed E-state index contributed by atoms with van der Waals surface area (Å²) in [4.78, 5) is 44.4. The lowest BCUT2D eigenvalue weighted by Gasteiger charge is -2.37. The molecule has 2 aliphatic rings. The number of carboxylic acids is 1. The number of rotatable bonds is 12. The number of fused-ring (bicyclic) bond motifs is 2. The quantitative estimate of drug-likeness (QED) is 0.296. The van der Waals surface area contributed by atoms with Crippen LogP contribution in [0.2, 0.25) is 0 Å². The number of ether oxygens (including phenoxy) is 2. The van der Waals surface area contributed by atoms with Crippen molar-refractivity contribution in [2.24, 2.45) is 0 Å². The molecule has 13 heteroatoms. The minimum atomic E-state index is -1.98. The Hall–Kier alpha value is -3.81. The second-order valence-electron chi connectivity index (χ2n) is 10.7. The van der Waals surface area contributed by atoms with E-state index in [9.17, 15) is 23.9 Å². The highest BCUT2D eigenvalue weighted by Crippen LogP contribution is 2.33. The smallest absolute Gasteiger partial charge is 0.305 e. The highest BCUT2D eigenvalue weighted by atomic mass is 32.1. The molecule has 11 nitrogen and oxygen atoms in total. The summed E-state index contributed by atoms with van der Waals surface area (Å²) in [5, 5.41) is 13.1. The second-order valence-corrected chi connectivity index (χ2v) is 11.5. The van der Waals surface area contributed by atoms with Crippen molar-refractivity contribution in [1.29, 1.82) is 0 Å². The zero-order chi connectivity index (χ0) is 30.7. The van der Waals surface area contributed by atoms with Crippen LogP contribution in [0.1, 0.15) is 35.7 Å². The molecule has 3 heterocycles. The summed E-state index contributed by atoms with van der Waals surface area (Å²) in [7, 11) is 2.36. The van der Waals surface area contributed by atoms with Crippen molar-refractivity contribution in [3.05, 3.63) is 53.6 Å². The fraction of sp³-hybridized carbons (Fsp3) is 0.467. The highest BCUT2D eigenvalue weighted by molar-refractivity contribution is 7.13. The molecule has 5 rings (SSSR count). The number of benzene rings is 2. The molecule has 2 atom stereocenters. The number of hydrogen-bond donors (Lipinski definition) is 2. The number of aromatic nitrogens is 1. The van der Waals surface area contributed by atoms with E-state index in [0.29, 0.717) is 5.56 Å². The Bertz CT molecular complexity index is 1480. The summed E-state index contributed by atoms with van der Waals surface area (Å²) < 4.78 is 30.2. The van der Waals surface area contributed by atoms with Gasteiger partial charge in [-0.2, -0.15) is 4.37 Å². The van der Waals surface area contributed by atoms with Crippen molar-refractivity contribution in [2.45, 2.75) is 44.2 Å². The number of nitrogens with zero attached hydrogens (tertiary/aromatic N) is 4. The van der Waals surface area contributed by atoms with Crippen molar-refractivity contribution in [2.75, 3.05) is 56.9 Å². The summed E-state index contributed by atoms with van der Waals surface area (Å²) in [5.41, 5.74) is 2.34. The van der Waals surface area contributed by atoms with Gasteiger partial charge in [-0.1, -0.05) is 19.1 Å². The van der Waals surface area contributed by atoms with Gasteiger partial charge in [0.05, 0.1) is 17.2 Å². The predicted molar refractivity (Wildman–Crippen MR) is 161 cm³/mol. The van der Waals surface area contributed by atoms with Crippen LogP contribution in [0.4, 0.5) is 15.9 Å². The second kappa shape index (κ2) is 12.8. The largest absolute Gasteiger partial charge is 0.481 e. The Kier molecular flexibility index (Phi) is 9.13. The van der Waals surface area contributed by atoms with Gasteiger partial charge in [-0.3, -0.25) is 14.4 Å². The normalized spacial score (nSPS) is 16.8. The molecule has 43 heavy (non-hydrogen) atoms. The molecule has 2 aliphatic heterocycles. The summed E-state index contributed by atoms with van der Waals surface area (Å²) in [5.74, 6) is -3.11. The van der Waals surface area contributed by atoms with Gasteiger partial charge in [0.25, 0.3) is 5.91 Å². The number of aliphatic carboxylic acids is 1. The number of carbonyl (C=O) groups excluding carboxylic acids is 2. The Morgan fingerprint density at radius 3 is 2.47 bits per heavy atom. The van der Waals surface area contributed by atoms with E-state index < -0.39 is 42.8 Å². The van der Waals surface area contributed by atoms with Gasteiger partial charge in [0.2, 0.25) is 11.7 Å². The van der Waals surface area contributed by atoms with Crippen LogP contribution in [0.15, 0.2) is 42.5 Å². The van der Waals surface area contributed by atoms with Crippen LogP contribution in [0.5, 0.6) is 0 Å². The third kappa shape index (κ3) is 5.89. The van der Waals surface area contributed by atoms with Gasteiger partial charge < -0.3 is 34.6 Å². The molecule has 0 saturated carbocycles. The van der Waals surface area contributed by atoms with Gasteiger partial charge in [-0.25, -0.2) is 4.39 Å². The number of methoxy groups -OCH3 is 2. The first kappa shape index (κ1) is 30.6. The van der Waals surface area contributed by atoms with Gasteiger partial charge in [0.15, 0.2) is 0 Å². The molecule has 2 unspecified atom stereocenters. The van der Waals surface area contributed by atoms with Crippen LogP contribution in [0.25, 0.3) is 10.1 Å². The number of halogens is 1.